The Hall–Kier alpha value is -3.11. The van der Waals surface area contributed by atoms with Gasteiger partial charge in [0.2, 0.25) is 11.8 Å². The Morgan fingerprint density at radius 1 is 0.878 bits per heavy atom. The molecule has 8 nitrogen and oxygen atoms in total. The summed E-state index contributed by atoms with van der Waals surface area (Å²) in [6.07, 6.45) is 1.87. The van der Waals surface area contributed by atoms with E-state index in [-0.39, 0.29) is 18.9 Å². The fraction of sp³-hybridized carbons (Fsp3) is 0.333. The van der Waals surface area contributed by atoms with Crippen LogP contribution in [-0.4, -0.2) is 62.7 Å². The van der Waals surface area contributed by atoms with Crippen LogP contribution in [0, 0.1) is 0 Å². The van der Waals surface area contributed by atoms with Crippen LogP contribution in [0.5, 0.6) is 0 Å². The average molecular weight is 620 g/mol. The second-order valence-electron chi connectivity index (χ2n) is 9.70. The number of nitrogens with zero attached hydrogens (tertiary/aromatic N) is 3. The number of para-hydroxylation sites is 1. The summed E-state index contributed by atoms with van der Waals surface area (Å²) in [7, 11) is -1.27. The molecule has 0 radical (unpaired) electrons. The van der Waals surface area contributed by atoms with Crippen molar-refractivity contribution in [2.75, 3.05) is 31.5 Å². The molecule has 0 aliphatic heterocycles. The van der Waals surface area contributed by atoms with Gasteiger partial charge in [-0.15, -0.1) is 0 Å². The minimum Gasteiger partial charge on any atom is -0.354 e. The van der Waals surface area contributed by atoms with Gasteiger partial charge in [0, 0.05) is 49.2 Å². The van der Waals surface area contributed by atoms with E-state index in [0.29, 0.717) is 27.8 Å². The summed E-state index contributed by atoms with van der Waals surface area (Å²) in [5.74, 6) is -0.928. The number of unbranched alkanes of at least 4 members (excludes halogenated alkanes) is 1. The Kier molecular flexibility index (Phi) is 12.0. The van der Waals surface area contributed by atoms with Gasteiger partial charge in [0.1, 0.15) is 12.6 Å². The molecule has 3 aromatic carbocycles. The van der Waals surface area contributed by atoms with Crippen molar-refractivity contribution in [2.45, 2.75) is 38.8 Å². The summed E-state index contributed by atoms with van der Waals surface area (Å²) >= 11 is 13.0. The molecule has 0 aromatic heterocycles. The zero-order valence-corrected chi connectivity index (χ0v) is 25.8. The molecule has 0 spiro atoms. The number of hydrogen-bond donors (Lipinski definition) is 1. The maximum absolute atomic E-state index is 14.2. The van der Waals surface area contributed by atoms with Gasteiger partial charge in [-0.1, -0.05) is 91.1 Å². The van der Waals surface area contributed by atoms with Crippen molar-refractivity contribution in [1.82, 2.24) is 14.5 Å². The van der Waals surface area contributed by atoms with Gasteiger partial charge in [0.15, 0.2) is 0 Å². The standard InChI is InChI=1S/C30H36Cl2N4O4S/c1-4-5-19-33-30(38)28(20-23-13-8-6-9-14-23)35(21-25-26(31)17-12-18-27(25)32)29(37)22-36(41(39,40)34(2)3)24-15-10-7-11-16-24/h6-18,28H,4-5,19-22H2,1-3H3,(H,33,38). The van der Waals surface area contributed by atoms with Crippen LogP contribution in [0.4, 0.5) is 5.69 Å². The van der Waals surface area contributed by atoms with Crippen LogP contribution < -0.4 is 9.62 Å². The molecule has 41 heavy (non-hydrogen) atoms. The number of rotatable bonds is 14. The fourth-order valence-corrected chi connectivity index (χ4v) is 5.80. The first-order valence-corrected chi connectivity index (χ1v) is 15.5. The van der Waals surface area contributed by atoms with Crippen molar-refractivity contribution in [2.24, 2.45) is 0 Å². The van der Waals surface area contributed by atoms with E-state index in [0.717, 1.165) is 27.0 Å². The van der Waals surface area contributed by atoms with Crippen LogP contribution in [0.25, 0.3) is 0 Å². The van der Waals surface area contributed by atoms with Gasteiger partial charge in [0.05, 0.1) is 5.69 Å². The summed E-state index contributed by atoms with van der Waals surface area (Å²) < 4.78 is 28.8. The summed E-state index contributed by atoms with van der Waals surface area (Å²) in [6, 6.07) is 21.8. The van der Waals surface area contributed by atoms with Crippen LogP contribution >= 0.6 is 23.2 Å². The number of benzene rings is 3. The molecule has 220 valence electrons. The maximum atomic E-state index is 14.2. The quantitative estimate of drug-likeness (QED) is 0.253. The number of carbonyl (C=O) groups is 2. The van der Waals surface area contributed by atoms with Crippen molar-refractivity contribution in [3.05, 3.63) is 100 Å². The Labute approximate surface area is 253 Å². The van der Waals surface area contributed by atoms with E-state index in [4.69, 9.17) is 23.2 Å². The third-order valence-electron chi connectivity index (χ3n) is 6.55. The molecule has 0 saturated carbocycles. The molecule has 1 N–H and O–H groups in total. The fourth-order valence-electron chi connectivity index (χ4n) is 4.22. The van der Waals surface area contributed by atoms with Crippen LogP contribution in [-0.2, 0) is 32.8 Å². The van der Waals surface area contributed by atoms with Crippen molar-refractivity contribution in [1.29, 1.82) is 0 Å². The first-order valence-electron chi connectivity index (χ1n) is 13.4. The first kappa shape index (κ1) is 32.4. The van der Waals surface area contributed by atoms with E-state index in [1.54, 1.807) is 48.5 Å². The van der Waals surface area contributed by atoms with Gasteiger partial charge in [-0.25, -0.2) is 4.31 Å². The minimum absolute atomic E-state index is 0.0965. The Bertz CT molecular complexity index is 1390. The number of amides is 2. The average Bonchev–Trinajstić information content (AvgIpc) is 2.95. The van der Waals surface area contributed by atoms with Gasteiger partial charge < -0.3 is 10.2 Å². The number of halogens is 2. The van der Waals surface area contributed by atoms with E-state index >= 15 is 0 Å². The lowest BCUT2D eigenvalue weighted by Crippen LogP contribution is -2.54. The molecule has 0 saturated heterocycles. The van der Waals surface area contributed by atoms with Crippen molar-refractivity contribution >= 4 is 50.9 Å². The molecule has 11 heteroatoms. The summed E-state index contributed by atoms with van der Waals surface area (Å²) in [5, 5.41) is 3.62. The van der Waals surface area contributed by atoms with E-state index in [1.165, 1.54) is 19.0 Å². The van der Waals surface area contributed by atoms with E-state index in [2.05, 4.69) is 5.32 Å². The lowest BCUT2D eigenvalue weighted by molar-refractivity contribution is -0.140. The molecule has 3 rings (SSSR count). The van der Waals surface area contributed by atoms with Gasteiger partial charge in [-0.05, 0) is 36.2 Å². The predicted octanol–water partition coefficient (Wildman–Crippen LogP) is 5.16. The zero-order chi connectivity index (χ0) is 30.0. The number of hydrogen-bond acceptors (Lipinski definition) is 4. The molecule has 1 unspecified atom stereocenters. The molecule has 2 amide bonds. The third-order valence-corrected chi connectivity index (χ3v) is 9.08. The highest BCUT2D eigenvalue weighted by Crippen LogP contribution is 2.28. The van der Waals surface area contributed by atoms with Crippen molar-refractivity contribution in [3.8, 4) is 0 Å². The monoisotopic (exact) mass is 618 g/mol. The highest BCUT2D eigenvalue weighted by molar-refractivity contribution is 7.90. The number of carbonyl (C=O) groups excluding carboxylic acids is 2. The van der Waals surface area contributed by atoms with E-state index in [1.807, 2.05) is 37.3 Å². The molecule has 0 fully saturated rings. The Morgan fingerprint density at radius 2 is 1.46 bits per heavy atom. The van der Waals surface area contributed by atoms with Crippen molar-refractivity contribution < 1.29 is 18.0 Å². The number of nitrogens with one attached hydrogen (secondary N) is 1. The Morgan fingerprint density at radius 3 is 2.02 bits per heavy atom. The highest BCUT2D eigenvalue weighted by Gasteiger charge is 2.35. The first-order chi connectivity index (χ1) is 19.6. The second kappa shape index (κ2) is 15.2. The lowest BCUT2D eigenvalue weighted by atomic mass is 10.0. The third kappa shape index (κ3) is 8.69. The summed E-state index contributed by atoms with van der Waals surface area (Å²) in [6.45, 7) is 1.83. The zero-order valence-electron chi connectivity index (χ0n) is 23.5. The van der Waals surface area contributed by atoms with E-state index in [9.17, 15) is 18.0 Å². The summed E-state index contributed by atoms with van der Waals surface area (Å²) in [5.41, 5.74) is 1.62. The lowest BCUT2D eigenvalue weighted by Gasteiger charge is -2.34. The van der Waals surface area contributed by atoms with Crippen LogP contribution in [0.3, 0.4) is 0 Å². The van der Waals surface area contributed by atoms with Crippen LogP contribution in [0.15, 0.2) is 78.9 Å². The normalized spacial score (nSPS) is 12.1. The maximum Gasteiger partial charge on any atom is 0.304 e. The summed E-state index contributed by atoms with van der Waals surface area (Å²) in [4.78, 5) is 29.3. The smallest absolute Gasteiger partial charge is 0.304 e. The van der Waals surface area contributed by atoms with Gasteiger partial charge in [-0.3, -0.25) is 9.59 Å². The minimum atomic E-state index is -4.07. The molecular weight excluding hydrogens is 583 g/mol. The molecule has 3 aromatic rings. The largest absolute Gasteiger partial charge is 0.354 e. The number of anilines is 1. The molecule has 0 aliphatic carbocycles. The molecular formula is C30H36Cl2N4O4S. The van der Waals surface area contributed by atoms with Gasteiger partial charge in [-0.2, -0.15) is 12.7 Å². The highest BCUT2D eigenvalue weighted by atomic mass is 35.5. The van der Waals surface area contributed by atoms with Crippen LogP contribution in [0.1, 0.15) is 30.9 Å². The second-order valence-corrected chi connectivity index (χ2v) is 12.6. The Balaban J connectivity index is 2.10. The molecule has 1 atom stereocenters. The SMILES string of the molecule is CCCCNC(=O)C(Cc1ccccc1)N(Cc1c(Cl)cccc1Cl)C(=O)CN(c1ccccc1)S(=O)(=O)N(C)C. The molecule has 0 bridgehead atoms. The van der Waals surface area contributed by atoms with Crippen LogP contribution in [0.2, 0.25) is 10.0 Å². The topological polar surface area (TPSA) is 90.0 Å². The van der Waals surface area contributed by atoms with Crippen molar-refractivity contribution in [3.63, 3.8) is 0 Å². The van der Waals surface area contributed by atoms with E-state index < -0.39 is 28.7 Å². The van der Waals surface area contributed by atoms with Gasteiger partial charge >= 0.3 is 10.2 Å². The predicted molar refractivity (Wildman–Crippen MR) is 165 cm³/mol. The molecule has 0 heterocycles. The molecule has 0 aliphatic rings. The van der Waals surface area contributed by atoms with Gasteiger partial charge in [0.25, 0.3) is 0 Å².